The van der Waals surface area contributed by atoms with Crippen LogP contribution in [0.5, 0.6) is 0 Å². The summed E-state index contributed by atoms with van der Waals surface area (Å²) in [6, 6.07) is 7.97. The van der Waals surface area contributed by atoms with Gasteiger partial charge in [-0.15, -0.1) is 0 Å². The monoisotopic (exact) mass is 533 g/mol. The molecule has 0 aliphatic rings. The van der Waals surface area contributed by atoms with Crippen LogP contribution in [-0.4, -0.2) is 57.1 Å². The number of nitrogens with two attached hydrogens (primary N) is 1. The molecule has 0 aliphatic carbocycles. The normalized spacial score (nSPS) is 12.9. The second kappa shape index (κ2) is 15.3. The fourth-order valence-electron chi connectivity index (χ4n) is 2.97. The van der Waals surface area contributed by atoms with Gasteiger partial charge < -0.3 is 30.6 Å². The van der Waals surface area contributed by atoms with Crippen molar-refractivity contribution in [3.05, 3.63) is 35.4 Å². The quantitative estimate of drug-likeness (QED) is 0.273. The minimum Gasteiger partial charge on any atom is -0.450 e. The van der Waals surface area contributed by atoms with Crippen LogP contribution < -0.4 is 16.4 Å². The summed E-state index contributed by atoms with van der Waals surface area (Å²) in [6.07, 6.45) is -0.920. The number of primary amides is 1. The lowest BCUT2D eigenvalue weighted by Crippen LogP contribution is -2.44. The molecule has 37 heavy (non-hydrogen) atoms. The summed E-state index contributed by atoms with van der Waals surface area (Å²) in [5.74, 6) is 5.43. The van der Waals surface area contributed by atoms with Gasteiger partial charge in [0.1, 0.15) is 5.60 Å². The molecule has 0 radical (unpaired) electrons. The molecule has 3 amide bonds. The summed E-state index contributed by atoms with van der Waals surface area (Å²) in [6.45, 7) is 14.7. The molecule has 10 heteroatoms. The third kappa shape index (κ3) is 16.4. The van der Waals surface area contributed by atoms with Gasteiger partial charge in [0.15, 0.2) is 0 Å². The molecular weight excluding hydrogens is 490 g/mol. The van der Waals surface area contributed by atoms with Crippen LogP contribution in [-0.2, 0) is 25.6 Å². The molecule has 0 fully saturated rings. The Hall–Kier alpha value is -3.03. The maximum Gasteiger partial charge on any atom is 0.408 e. The van der Waals surface area contributed by atoms with Crippen molar-refractivity contribution in [2.45, 2.75) is 90.6 Å². The van der Waals surface area contributed by atoms with Gasteiger partial charge in [-0.3, -0.25) is 4.79 Å². The molecule has 0 aliphatic heterocycles. The van der Waals surface area contributed by atoms with Crippen molar-refractivity contribution in [3.63, 3.8) is 0 Å². The summed E-state index contributed by atoms with van der Waals surface area (Å²) < 4.78 is 16.5. The fourth-order valence-corrected chi connectivity index (χ4v) is 3.68. The van der Waals surface area contributed by atoms with E-state index in [0.717, 1.165) is 17.2 Å². The Kier molecular flexibility index (Phi) is 13.2. The zero-order chi connectivity index (χ0) is 28.1. The van der Waals surface area contributed by atoms with E-state index in [1.54, 1.807) is 20.8 Å². The number of alkyl carbamates (subject to hydrolysis) is 2. The van der Waals surface area contributed by atoms with Crippen LogP contribution in [0.1, 0.15) is 51.7 Å². The lowest BCUT2D eigenvalue weighted by Gasteiger charge is -2.25. The lowest BCUT2D eigenvalue weighted by atomic mass is 10.1. The zero-order valence-corrected chi connectivity index (χ0v) is 24.2. The summed E-state index contributed by atoms with van der Waals surface area (Å²) in [5, 5.41) is 5.41. The number of amides is 3. The largest absolute Gasteiger partial charge is 0.450 e. The minimum atomic E-state index is -1.31. The predicted molar refractivity (Wildman–Crippen MR) is 147 cm³/mol. The number of carbonyl (C=O) groups is 3. The summed E-state index contributed by atoms with van der Waals surface area (Å²) in [7, 11) is -1.31. The first-order chi connectivity index (χ1) is 17.1. The zero-order valence-electron chi connectivity index (χ0n) is 23.2. The molecule has 2 atom stereocenters. The van der Waals surface area contributed by atoms with E-state index in [1.807, 2.05) is 31.2 Å². The van der Waals surface area contributed by atoms with Crippen molar-refractivity contribution in [2.75, 3.05) is 13.2 Å². The van der Waals surface area contributed by atoms with Crippen molar-refractivity contribution < 1.29 is 28.6 Å². The molecule has 1 aromatic carbocycles. The third-order valence-electron chi connectivity index (χ3n) is 5.08. The van der Waals surface area contributed by atoms with Crippen molar-refractivity contribution in [1.82, 2.24) is 10.6 Å². The highest BCUT2D eigenvalue weighted by atomic mass is 28.3. The number of carbonyl (C=O) groups excluding carboxylic acids is 3. The number of rotatable bonds is 12. The van der Waals surface area contributed by atoms with Gasteiger partial charge in [-0.2, -0.15) is 0 Å². The molecule has 1 aromatic rings. The van der Waals surface area contributed by atoms with Gasteiger partial charge in [0.05, 0.1) is 31.9 Å². The number of benzene rings is 1. The highest BCUT2D eigenvalue weighted by Crippen LogP contribution is 2.12. The summed E-state index contributed by atoms with van der Waals surface area (Å²) >= 11 is 0. The number of hydrogen-bond acceptors (Lipinski definition) is 6. The minimum absolute atomic E-state index is 0.129. The molecule has 0 saturated carbocycles. The topological polar surface area (TPSA) is 129 Å². The van der Waals surface area contributed by atoms with Crippen LogP contribution in [0.4, 0.5) is 9.59 Å². The molecule has 206 valence electrons. The maximum atomic E-state index is 12.3. The van der Waals surface area contributed by atoms with E-state index in [9.17, 15) is 14.4 Å². The Morgan fingerprint density at radius 3 is 2.30 bits per heavy atom. The molecule has 0 saturated heterocycles. The van der Waals surface area contributed by atoms with Crippen LogP contribution in [0.15, 0.2) is 24.3 Å². The Bertz CT molecular complexity index is 942. The molecule has 0 aromatic heterocycles. The summed E-state index contributed by atoms with van der Waals surface area (Å²) in [5.41, 5.74) is 6.47. The second-order valence-electron chi connectivity index (χ2n) is 11.1. The van der Waals surface area contributed by atoms with E-state index >= 15 is 0 Å². The Morgan fingerprint density at radius 1 is 1.08 bits per heavy atom. The summed E-state index contributed by atoms with van der Waals surface area (Å²) in [4.78, 5) is 35.2. The van der Waals surface area contributed by atoms with Gasteiger partial charge >= 0.3 is 12.2 Å². The van der Waals surface area contributed by atoms with Crippen LogP contribution in [0.2, 0.25) is 25.7 Å². The van der Waals surface area contributed by atoms with Crippen LogP contribution in [0.25, 0.3) is 0 Å². The van der Waals surface area contributed by atoms with Gasteiger partial charge in [-0.1, -0.05) is 43.6 Å². The molecule has 1 rings (SSSR count). The number of hydrogen-bond donors (Lipinski definition) is 3. The van der Waals surface area contributed by atoms with E-state index in [-0.39, 0.29) is 19.1 Å². The second-order valence-corrected chi connectivity index (χ2v) is 16.7. The highest BCUT2D eigenvalue weighted by Gasteiger charge is 2.22. The Labute approximate surface area is 222 Å². The van der Waals surface area contributed by atoms with E-state index in [2.05, 4.69) is 42.1 Å². The smallest absolute Gasteiger partial charge is 0.408 e. The first kappa shape index (κ1) is 32.0. The Balaban J connectivity index is 2.58. The van der Waals surface area contributed by atoms with Gasteiger partial charge in [0.2, 0.25) is 5.91 Å². The maximum absolute atomic E-state index is 12.3. The standard InChI is InChI=1S/C27H43N3O6Si/c1-20(23(14-15-24(28)31)30-26(33)34-17-18-37(5,6)7)35-19-22-12-10-21(11-13-22)9-8-16-29-25(32)36-27(2,3)4/h10-13,20,23H,14-19H2,1-7H3,(H2,28,31)(H,29,32)(H,30,33)/t20-,23+/m1/s1. The molecule has 0 unspecified atom stereocenters. The van der Waals surface area contributed by atoms with Crippen molar-refractivity contribution in [3.8, 4) is 11.8 Å². The molecule has 9 nitrogen and oxygen atoms in total. The van der Waals surface area contributed by atoms with Crippen molar-refractivity contribution in [1.29, 1.82) is 0 Å². The van der Waals surface area contributed by atoms with Gasteiger partial charge in [-0.25, -0.2) is 9.59 Å². The average molecular weight is 534 g/mol. The lowest BCUT2D eigenvalue weighted by molar-refractivity contribution is -0.118. The van der Waals surface area contributed by atoms with E-state index in [0.29, 0.717) is 19.6 Å². The first-order valence-corrected chi connectivity index (χ1v) is 16.2. The van der Waals surface area contributed by atoms with Gasteiger partial charge in [-0.05, 0) is 57.9 Å². The SMILES string of the molecule is C[C@@H](OCc1ccc(C#CCNC(=O)OC(C)(C)C)cc1)[C@H](CCC(N)=O)NC(=O)OCC[Si](C)(C)C. The van der Waals surface area contributed by atoms with Crippen LogP contribution >= 0.6 is 0 Å². The highest BCUT2D eigenvalue weighted by molar-refractivity contribution is 6.76. The average Bonchev–Trinajstić information content (AvgIpc) is 2.76. The fraction of sp³-hybridized carbons (Fsp3) is 0.593. The first-order valence-electron chi connectivity index (χ1n) is 12.5. The molecular formula is C27H43N3O6Si. The van der Waals surface area contributed by atoms with E-state index in [4.69, 9.17) is 19.9 Å². The van der Waals surface area contributed by atoms with E-state index < -0.39 is 37.8 Å². The van der Waals surface area contributed by atoms with Crippen LogP contribution in [0.3, 0.4) is 0 Å². The number of ether oxygens (including phenoxy) is 3. The van der Waals surface area contributed by atoms with Crippen molar-refractivity contribution in [2.24, 2.45) is 5.73 Å². The third-order valence-corrected chi connectivity index (χ3v) is 6.78. The van der Waals surface area contributed by atoms with Crippen LogP contribution in [0, 0.1) is 11.8 Å². The molecule has 0 spiro atoms. The van der Waals surface area contributed by atoms with Gasteiger partial charge in [0.25, 0.3) is 0 Å². The number of nitrogens with one attached hydrogen (secondary N) is 2. The molecule has 4 N–H and O–H groups in total. The predicted octanol–water partition coefficient (Wildman–Crippen LogP) is 4.17. The van der Waals surface area contributed by atoms with E-state index in [1.165, 1.54) is 0 Å². The Morgan fingerprint density at radius 2 is 1.73 bits per heavy atom. The van der Waals surface area contributed by atoms with Crippen molar-refractivity contribution >= 4 is 26.2 Å². The van der Waals surface area contributed by atoms with Gasteiger partial charge in [0, 0.05) is 20.1 Å². The molecule has 0 heterocycles. The molecule has 0 bridgehead atoms.